The Balaban J connectivity index is 1.55. The van der Waals surface area contributed by atoms with Crippen LogP contribution in [-0.2, 0) is 0 Å². The summed E-state index contributed by atoms with van der Waals surface area (Å²) in [5, 5.41) is 6.99. The first-order valence-corrected chi connectivity index (χ1v) is 10.5. The number of nitrogens with one attached hydrogen (secondary N) is 2. The molecule has 1 aliphatic heterocycles. The fourth-order valence-corrected chi connectivity index (χ4v) is 4.34. The first-order chi connectivity index (χ1) is 15.5. The SMILES string of the molecule is COc1ncc2c(C3CCNCC3)ccc(C(=O)Nc3cc(F)c4nc(C)cn4c3)c2n1. The van der Waals surface area contributed by atoms with E-state index in [1.807, 2.05) is 6.07 Å². The first kappa shape index (κ1) is 20.3. The van der Waals surface area contributed by atoms with Gasteiger partial charge in [-0.2, -0.15) is 4.98 Å². The minimum absolute atomic E-state index is 0.190. The largest absolute Gasteiger partial charge is 0.467 e. The van der Waals surface area contributed by atoms with E-state index in [4.69, 9.17) is 4.74 Å². The second-order valence-electron chi connectivity index (χ2n) is 7.99. The van der Waals surface area contributed by atoms with Gasteiger partial charge in [-0.1, -0.05) is 6.07 Å². The third-order valence-electron chi connectivity index (χ3n) is 5.85. The van der Waals surface area contributed by atoms with Crippen molar-refractivity contribution in [2.75, 3.05) is 25.5 Å². The number of hydrogen-bond acceptors (Lipinski definition) is 6. The Hall–Kier alpha value is -3.59. The molecule has 4 heterocycles. The Labute approximate surface area is 183 Å². The van der Waals surface area contributed by atoms with Crippen LogP contribution in [0.2, 0.25) is 0 Å². The van der Waals surface area contributed by atoms with Crippen LogP contribution in [0.4, 0.5) is 10.1 Å². The van der Waals surface area contributed by atoms with Gasteiger partial charge in [-0.05, 0) is 50.4 Å². The molecule has 3 aromatic heterocycles. The van der Waals surface area contributed by atoms with Crippen molar-refractivity contribution in [2.24, 2.45) is 0 Å². The summed E-state index contributed by atoms with van der Waals surface area (Å²) in [6.07, 6.45) is 7.08. The number of methoxy groups -OCH3 is 1. The minimum atomic E-state index is -0.508. The molecule has 0 saturated carbocycles. The number of halogens is 1. The molecule has 0 radical (unpaired) electrons. The van der Waals surface area contributed by atoms with E-state index < -0.39 is 5.82 Å². The number of hydrogen-bond donors (Lipinski definition) is 2. The fourth-order valence-electron chi connectivity index (χ4n) is 4.34. The van der Waals surface area contributed by atoms with E-state index in [1.165, 1.54) is 13.2 Å². The van der Waals surface area contributed by atoms with Crippen molar-refractivity contribution in [1.82, 2.24) is 24.7 Å². The Kier molecular flexibility index (Phi) is 5.18. The van der Waals surface area contributed by atoms with Crippen LogP contribution in [-0.4, -0.2) is 45.5 Å². The second-order valence-corrected chi connectivity index (χ2v) is 7.99. The van der Waals surface area contributed by atoms with Gasteiger partial charge in [0.1, 0.15) is 0 Å². The van der Waals surface area contributed by atoms with E-state index in [2.05, 4.69) is 25.6 Å². The number of carbonyl (C=O) groups excluding carboxylic acids is 1. The standard InChI is InChI=1S/C23H23FN6O2/c1-13-11-30-12-15(9-19(24)21(30)27-13)28-22(31)17-4-3-16(14-5-7-25-8-6-14)18-10-26-23(32-2)29-20(17)18/h3-4,9-12,14,25H,5-8H2,1-2H3,(H,28,31). The molecule has 2 N–H and O–H groups in total. The number of aryl methyl sites for hydroxylation is 1. The number of carbonyl (C=O) groups is 1. The zero-order valence-electron chi connectivity index (χ0n) is 17.9. The maximum Gasteiger partial charge on any atom is 0.316 e. The summed E-state index contributed by atoms with van der Waals surface area (Å²) >= 11 is 0. The first-order valence-electron chi connectivity index (χ1n) is 10.5. The van der Waals surface area contributed by atoms with Gasteiger partial charge in [0.2, 0.25) is 0 Å². The highest BCUT2D eigenvalue weighted by Crippen LogP contribution is 2.33. The lowest BCUT2D eigenvalue weighted by molar-refractivity contribution is 0.102. The number of ether oxygens (including phenoxy) is 1. The van der Waals surface area contributed by atoms with Crippen LogP contribution in [0.25, 0.3) is 16.6 Å². The molecule has 0 aliphatic carbocycles. The van der Waals surface area contributed by atoms with Crippen LogP contribution in [0.5, 0.6) is 6.01 Å². The third kappa shape index (κ3) is 3.64. The van der Waals surface area contributed by atoms with Crippen LogP contribution in [0.15, 0.2) is 36.8 Å². The number of aromatic nitrogens is 4. The lowest BCUT2D eigenvalue weighted by Crippen LogP contribution is -2.26. The fraction of sp³-hybridized carbons (Fsp3) is 0.304. The van der Waals surface area contributed by atoms with Crippen LogP contribution in [0.3, 0.4) is 0 Å². The maximum atomic E-state index is 14.4. The van der Waals surface area contributed by atoms with Crippen LogP contribution >= 0.6 is 0 Å². The van der Waals surface area contributed by atoms with Crippen LogP contribution < -0.4 is 15.4 Å². The Morgan fingerprint density at radius 1 is 1.25 bits per heavy atom. The Morgan fingerprint density at radius 3 is 2.84 bits per heavy atom. The van der Waals surface area contributed by atoms with Crippen molar-refractivity contribution in [3.8, 4) is 6.01 Å². The molecular weight excluding hydrogens is 411 g/mol. The zero-order valence-corrected chi connectivity index (χ0v) is 17.9. The van der Waals surface area contributed by atoms with Gasteiger partial charge in [0.05, 0.1) is 29.6 Å². The molecule has 1 aliphatic rings. The molecule has 5 rings (SSSR count). The summed E-state index contributed by atoms with van der Waals surface area (Å²) in [6, 6.07) is 5.21. The number of benzene rings is 1. The van der Waals surface area contributed by atoms with Crippen molar-refractivity contribution >= 4 is 28.1 Å². The second kappa shape index (κ2) is 8.16. The molecule has 0 bridgehead atoms. The maximum absolute atomic E-state index is 14.4. The van der Waals surface area contributed by atoms with Gasteiger partial charge in [0.25, 0.3) is 5.91 Å². The summed E-state index contributed by atoms with van der Waals surface area (Å²) in [7, 11) is 1.49. The van der Waals surface area contributed by atoms with Gasteiger partial charge in [-0.25, -0.2) is 14.4 Å². The molecule has 8 nitrogen and oxygen atoms in total. The zero-order chi connectivity index (χ0) is 22.2. The van der Waals surface area contributed by atoms with E-state index >= 15 is 0 Å². The molecule has 164 valence electrons. The van der Waals surface area contributed by atoms with Gasteiger partial charge in [-0.3, -0.25) is 4.79 Å². The van der Waals surface area contributed by atoms with E-state index in [0.717, 1.165) is 36.9 Å². The van der Waals surface area contributed by atoms with Crippen molar-refractivity contribution in [3.63, 3.8) is 0 Å². The van der Waals surface area contributed by atoms with Crippen molar-refractivity contribution in [3.05, 3.63) is 59.4 Å². The number of rotatable bonds is 4. The van der Waals surface area contributed by atoms with Crippen LogP contribution in [0.1, 0.15) is 40.4 Å². The Bertz CT molecular complexity index is 1330. The summed E-state index contributed by atoms with van der Waals surface area (Å²) in [6.45, 7) is 3.69. The van der Waals surface area contributed by atoms with E-state index in [-0.39, 0.29) is 17.6 Å². The minimum Gasteiger partial charge on any atom is -0.467 e. The summed E-state index contributed by atoms with van der Waals surface area (Å²) < 4.78 is 21.2. The molecule has 4 aromatic rings. The summed E-state index contributed by atoms with van der Waals surface area (Å²) in [5.74, 6) is -0.525. The molecule has 1 saturated heterocycles. The molecule has 0 atom stereocenters. The molecule has 0 spiro atoms. The average Bonchev–Trinajstić information content (AvgIpc) is 3.19. The number of amides is 1. The number of piperidine rings is 1. The van der Waals surface area contributed by atoms with E-state index in [1.54, 1.807) is 36.0 Å². The Morgan fingerprint density at radius 2 is 2.06 bits per heavy atom. The quantitative estimate of drug-likeness (QED) is 0.511. The van der Waals surface area contributed by atoms with Gasteiger partial charge >= 0.3 is 6.01 Å². The molecular formula is C23H23FN6O2. The number of fused-ring (bicyclic) bond motifs is 2. The third-order valence-corrected chi connectivity index (χ3v) is 5.85. The van der Waals surface area contributed by atoms with Gasteiger partial charge in [-0.15, -0.1) is 0 Å². The molecule has 9 heteroatoms. The topological polar surface area (TPSA) is 93.4 Å². The molecule has 1 aromatic carbocycles. The molecule has 1 amide bonds. The number of pyridine rings is 1. The van der Waals surface area contributed by atoms with E-state index in [0.29, 0.717) is 28.4 Å². The van der Waals surface area contributed by atoms with Gasteiger partial charge < -0.3 is 19.8 Å². The average molecular weight is 434 g/mol. The molecule has 32 heavy (non-hydrogen) atoms. The predicted octanol–water partition coefficient (Wildman–Crippen LogP) is 3.45. The van der Waals surface area contributed by atoms with Crippen molar-refractivity contribution in [1.29, 1.82) is 0 Å². The predicted molar refractivity (Wildman–Crippen MR) is 119 cm³/mol. The molecule has 1 fully saturated rings. The molecule has 0 unspecified atom stereocenters. The smallest absolute Gasteiger partial charge is 0.316 e. The van der Waals surface area contributed by atoms with Gasteiger partial charge in [0.15, 0.2) is 11.5 Å². The normalized spacial score (nSPS) is 14.7. The lowest BCUT2D eigenvalue weighted by atomic mass is 9.87. The van der Waals surface area contributed by atoms with E-state index in [9.17, 15) is 9.18 Å². The van der Waals surface area contributed by atoms with Gasteiger partial charge in [0, 0.05) is 30.0 Å². The highest BCUT2D eigenvalue weighted by Gasteiger charge is 2.22. The number of nitrogens with zero attached hydrogens (tertiary/aromatic N) is 4. The number of imidazole rings is 1. The summed E-state index contributed by atoms with van der Waals surface area (Å²) in [4.78, 5) is 26.1. The highest BCUT2D eigenvalue weighted by molar-refractivity contribution is 6.12. The van der Waals surface area contributed by atoms with Crippen molar-refractivity contribution < 1.29 is 13.9 Å². The highest BCUT2D eigenvalue weighted by atomic mass is 19.1. The van der Waals surface area contributed by atoms with Crippen molar-refractivity contribution in [2.45, 2.75) is 25.7 Å². The monoisotopic (exact) mass is 434 g/mol. The number of anilines is 1. The lowest BCUT2D eigenvalue weighted by Gasteiger charge is -2.24. The van der Waals surface area contributed by atoms with Crippen LogP contribution in [0, 0.1) is 12.7 Å². The summed E-state index contributed by atoms with van der Waals surface area (Å²) in [5.41, 5.74) is 3.26.